The van der Waals surface area contributed by atoms with E-state index >= 15 is 0 Å². The molecule has 0 aliphatic heterocycles. The molecule has 0 amide bonds. The van der Waals surface area contributed by atoms with E-state index < -0.39 is 5.41 Å². The summed E-state index contributed by atoms with van der Waals surface area (Å²) in [7, 11) is 0. The highest BCUT2D eigenvalue weighted by molar-refractivity contribution is 6.20. The van der Waals surface area contributed by atoms with Gasteiger partial charge in [0.15, 0.2) is 5.58 Å². The Hall–Kier alpha value is -10.2. The Bertz CT molecular complexity index is 4880. The number of furan rings is 1. The molecule has 2 aliphatic rings. The van der Waals surface area contributed by atoms with Gasteiger partial charge in [-0.1, -0.05) is 182 Å². The van der Waals surface area contributed by atoms with Crippen molar-refractivity contribution in [2.24, 2.45) is 0 Å². The lowest BCUT2D eigenvalue weighted by atomic mass is 9.70. The number of para-hydroxylation sites is 5. The molecule has 4 nitrogen and oxygen atoms in total. The second kappa shape index (κ2) is 15.9. The molecule has 2 aliphatic carbocycles. The van der Waals surface area contributed by atoms with Gasteiger partial charge in [-0.3, -0.25) is 0 Å². The summed E-state index contributed by atoms with van der Waals surface area (Å²) in [5, 5.41) is 7.08. The maximum Gasteiger partial charge on any atom is 0.159 e. The topological polar surface area (TPSA) is 26.2 Å². The zero-order valence-electron chi connectivity index (χ0n) is 41.7. The minimum Gasteiger partial charge on any atom is -0.454 e. The second-order valence-electron chi connectivity index (χ2n) is 20.7. The number of fused-ring (bicyclic) bond motifs is 20. The largest absolute Gasteiger partial charge is 0.454 e. The Morgan fingerprint density at radius 3 is 1.60 bits per heavy atom. The predicted molar refractivity (Wildman–Crippen MR) is 319 cm³/mol. The number of rotatable bonds is 6. The summed E-state index contributed by atoms with van der Waals surface area (Å²) >= 11 is 0. The summed E-state index contributed by atoms with van der Waals surface area (Å²) in [5.41, 5.74) is 24.1. The maximum absolute atomic E-state index is 6.89. The molecular weight excluding hydrogens is 935 g/mol. The fourth-order valence-corrected chi connectivity index (χ4v) is 13.8. The van der Waals surface area contributed by atoms with Gasteiger partial charge in [-0.2, -0.15) is 0 Å². The van der Waals surface area contributed by atoms with Crippen molar-refractivity contribution in [2.45, 2.75) is 5.41 Å². The van der Waals surface area contributed by atoms with Gasteiger partial charge in [0.2, 0.25) is 0 Å². The van der Waals surface area contributed by atoms with Crippen LogP contribution in [0.25, 0.3) is 110 Å². The minimum absolute atomic E-state index is 0.472. The van der Waals surface area contributed by atoms with Gasteiger partial charge in [-0.05, 0) is 147 Å². The Morgan fingerprint density at radius 1 is 0.325 bits per heavy atom. The molecule has 0 fully saturated rings. The number of hydrogen-bond acceptors (Lipinski definition) is 2. The van der Waals surface area contributed by atoms with Gasteiger partial charge in [0, 0.05) is 55.1 Å². The fraction of sp³-hybridized carbons (Fsp3) is 0.0137. The first kappa shape index (κ1) is 42.2. The molecule has 0 saturated heterocycles. The quantitative estimate of drug-likeness (QED) is 0.166. The Kier molecular flexibility index (Phi) is 8.73. The third kappa shape index (κ3) is 5.76. The summed E-state index contributed by atoms with van der Waals surface area (Å²) in [6.45, 7) is 0. The van der Waals surface area contributed by atoms with Gasteiger partial charge in [-0.15, -0.1) is 0 Å². The monoisotopic (exact) mass is 979 g/mol. The van der Waals surface area contributed by atoms with Gasteiger partial charge in [0.25, 0.3) is 0 Å². The molecule has 0 saturated carbocycles. The number of aromatic nitrogens is 2. The lowest BCUT2D eigenvalue weighted by Crippen LogP contribution is -2.25. The van der Waals surface area contributed by atoms with E-state index in [9.17, 15) is 0 Å². The van der Waals surface area contributed by atoms with E-state index in [1.54, 1.807) is 0 Å². The van der Waals surface area contributed by atoms with Crippen LogP contribution < -0.4 is 4.90 Å². The lowest BCUT2D eigenvalue weighted by Gasteiger charge is -2.30. The van der Waals surface area contributed by atoms with E-state index in [-0.39, 0.29) is 0 Å². The van der Waals surface area contributed by atoms with Crippen molar-refractivity contribution in [3.63, 3.8) is 0 Å². The number of hydrogen-bond donors (Lipinski definition) is 0. The molecule has 17 rings (SSSR count). The van der Waals surface area contributed by atoms with Gasteiger partial charge in [0.1, 0.15) is 5.58 Å². The highest BCUT2D eigenvalue weighted by atomic mass is 16.3. The molecule has 12 aromatic carbocycles. The van der Waals surface area contributed by atoms with E-state index in [1.165, 1.54) is 88.2 Å². The van der Waals surface area contributed by atoms with Crippen molar-refractivity contribution < 1.29 is 4.42 Å². The van der Waals surface area contributed by atoms with Crippen LogP contribution in [0.1, 0.15) is 22.3 Å². The van der Waals surface area contributed by atoms with Gasteiger partial charge >= 0.3 is 0 Å². The summed E-state index contributed by atoms with van der Waals surface area (Å²) < 4.78 is 11.7. The van der Waals surface area contributed by atoms with E-state index in [0.29, 0.717) is 0 Å². The summed E-state index contributed by atoms with van der Waals surface area (Å²) in [6.07, 6.45) is 0. The third-order valence-corrected chi connectivity index (χ3v) is 16.9. The molecule has 358 valence electrons. The Balaban J connectivity index is 0.904. The van der Waals surface area contributed by atoms with Gasteiger partial charge in [0.05, 0.1) is 33.2 Å². The molecular formula is C73H45N3O. The van der Waals surface area contributed by atoms with Crippen molar-refractivity contribution in [1.29, 1.82) is 0 Å². The molecule has 15 aromatic rings. The van der Waals surface area contributed by atoms with Crippen molar-refractivity contribution in [3.05, 3.63) is 295 Å². The van der Waals surface area contributed by atoms with Crippen LogP contribution in [0.3, 0.4) is 0 Å². The summed E-state index contributed by atoms with van der Waals surface area (Å²) in [6, 6.07) is 100. The molecule has 0 bridgehead atoms. The highest BCUT2D eigenvalue weighted by Gasteiger charge is 2.52. The molecule has 4 heteroatoms. The van der Waals surface area contributed by atoms with E-state index in [4.69, 9.17) is 4.42 Å². The predicted octanol–water partition coefficient (Wildman–Crippen LogP) is 19.3. The smallest absolute Gasteiger partial charge is 0.159 e. The number of nitrogens with zero attached hydrogens (tertiary/aromatic N) is 3. The zero-order chi connectivity index (χ0) is 50.3. The van der Waals surface area contributed by atoms with E-state index in [1.807, 2.05) is 0 Å². The van der Waals surface area contributed by atoms with Crippen molar-refractivity contribution in [1.82, 2.24) is 9.13 Å². The first-order valence-electron chi connectivity index (χ1n) is 26.6. The third-order valence-electron chi connectivity index (χ3n) is 16.9. The Labute approximate surface area is 444 Å². The normalized spacial score (nSPS) is 13.0. The van der Waals surface area contributed by atoms with Crippen molar-refractivity contribution in [3.8, 4) is 44.8 Å². The Morgan fingerprint density at radius 2 is 0.857 bits per heavy atom. The molecule has 0 N–H and O–H groups in total. The van der Waals surface area contributed by atoms with Crippen molar-refractivity contribution >= 4 is 82.6 Å². The number of benzene rings is 12. The highest BCUT2D eigenvalue weighted by Crippen LogP contribution is 2.64. The standard InChI is InChI=1S/C73H45N3O/c1-3-18-48(19-4-1)75-64-31-15-10-24-54(64)58-44-47(36-41-65(58)75)46-34-37-50(38-35-46)74(68-32-17-27-56-55-25-11-16-33-69(55)77-72(56)68)51-39-42-66-59(45-51)71-67(76(66)49-20-5-2-6-21-49)43-40-63-70(71)57-26-9-14-30-62(57)73(63)60-28-12-7-22-52(60)53-23-8-13-29-61(53)73/h1-45H. The zero-order valence-corrected chi connectivity index (χ0v) is 41.7. The van der Waals surface area contributed by atoms with Crippen LogP contribution in [0, 0.1) is 0 Å². The van der Waals surface area contributed by atoms with E-state index in [2.05, 4.69) is 287 Å². The molecule has 0 unspecified atom stereocenters. The van der Waals surface area contributed by atoms with Crippen molar-refractivity contribution in [2.75, 3.05) is 4.90 Å². The van der Waals surface area contributed by atoms with Crippen LogP contribution in [0.5, 0.6) is 0 Å². The molecule has 1 spiro atoms. The van der Waals surface area contributed by atoms with Crippen LogP contribution in [-0.4, -0.2) is 9.13 Å². The molecule has 77 heavy (non-hydrogen) atoms. The maximum atomic E-state index is 6.89. The fourth-order valence-electron chi connectivity index (χ4n) is 13.8. The van der Waals surface area contributed by atoms with Crippen LogP contribution in [0.15, 0.2) is 277 Å². The molecule has 0 atom stereocenters. The summed E-state index contributed by atoms with van der Waals surface area (Å²) in [5.74, 6) is 0. The molecule has 3 heterocycles. The average Bonchev–Trinajstić information content (AvgIpc) is 3.80. The minimum atomic E-state index is -0.472. The van der Waals surface area contributed by atoms with Crippen LogP contribution in [0.2, 0.25) is 0 Å². The van der Waals surface area contributed by atoms with Gasteiger partial charge < -0.3 is 18.5 Å². The first-order chi connectivity index (χ1) is 38.2. The van der Waals surface area contributed by atoms with Crippen LogP contribution in [-0.2, 0) is 5.41 Å². The molecule has 3 aromatic heterocycles. The SMILES string of the molecule is c1ccc(-n2c3ccccc3c3cc(-c4ccc(N(c5ccc6c(c5)c5c7c(ccc5n6-c5ccccc5)C5(c6ccccc6-c6ccccc65)c5ccccc5-7)c5cccc6c5oc5ccccc56)cc4)ccc32)cc1. The number of anilines is 3. The summed E-state index contributed by atoms with van der Waals surface area (Å²) in [4.78, 5) is 2.40. The van der Waals surface area contributed by atoms with E-state index in [0.717, 1.165) is 61.5 Å². The first-order valence-corrected chi connectivity index (χ1v) is 26.6. The lowest BCUT2D eigenvalue weighted by molar-refractivity contribution is 0.669. The molecule has 0 radical (unpaired) electrons. The van der Waals surface area contributed by atoms with Gasteiger partial charge in [-0.25, -0.2) is 0 Å². The van der Waals surface area contributed by atoms with Crippen LogP contribution >= 0.6 is 0 Å². The van der Waals surface area contributed by atoms with Crippen LogP contribution in [0.4, 0.5) is 17.1 Å². The second-order valence-corrected chi connectivity index (χ2v) is 20.7. The average molecular weight is 980 g/mol.